The molecule has 1 aromatic heterocycles. The van der Waals surface area contributed by atoms with E-state index < -0.39 is 21.5 Å². The van der Waals surface area contributed by atoms with Crippen molar-refractivity contribution in [3.63, 3.8) is 0 Å². The normalized spacial score (nSPS) is 25.5. The maximum atomic E-state index is 12.3. The minimum atomic E-state index is -3.91. The van der Waals surface area contributed by atoms with Crippen LogP contribution in [0.2, 0.25) is 0 Å². The van der Waals surface area contributed by atoms with E-state index in [1.54, 1.807) is 0 Å². The highest BCUT2D eigenvalue weighted by atomic mass is 32.2. The largest absolute Gasteiger partial charge is 0.468 e. The quantitative estimate of drug-likeness (QED) is 0.773. The van der Waals surface area contributed by atoms with Crippen LogP contribution in [0.3, 0.4) is 0 Å². The minimum Gasteiger partial charge on any atom is -0.468 e. The number of nitrogens with zero attached hydrogens (tertiary/aromatic N) is 2. The van der Waals surface area contributed by atoms with Gasteiger partial charge in [-0.1, -0.05) is 20.8 Å². The first kappa shape index (κ1) is 16.9. The molecule has 0 amide bonds. The molecule has 0 radical (unpaired) electrons. The maximum Gasteiger partial charge on any atom is 0.327 e. The van der Waals surface area contributed by atoms with E-state index in [1.807, 2.05) is 0 Å². The van der Waals surface area contributed by atoms with Crippen LogP contribution in [0.1, 0.15) is 40.0 Å². The number of ether oxygens (including phenoxy) is 1. The molecule has 0 spiro atoms. The van der Waals surface area contributed by atoms with Gasteiger partial charge in [-0.3, -0.25) is 4.79 Å². The fraction of sp³-hybridized carbons (Fsp3) is 0.769. The molecule has 0 unspecified atom stereocenters. The lowest BCUT2D eigenvalue weighted by Gasteiger charge is -2.46. The molecule has 0 aromatic carbocycles. The van der Waals surface area contributed by atoms with E-state index in [2.05, 4.69) is 40.9 Å². The molecule has 1 aromatic rings. The van der Waals surface area contributed by atoms with Crippen LogP contribution in [-0.4, -0.2) is 42.4 Å². The summed E-state index contributed by atoms with van der Waals surface area (Å²) in [6.07, 6.45) is 2.86. The molecule has 22 heavy (non-hydrogen) atoms. The smallest absolute Gasteiger partial charge is 0.327 e. The second kappa shape index (κ2) is 5.62. The standard InChI is InChI=1S/C13H22N4O4S/c1-12(2,3)5-9-6-13(7-9,11(18)21-4)16-22(19,20)10-8-14-17-15-10/h8-9,16H,5-7H2,1-4H3,(H,14,15,17). The molecule has 1 saturated carbocycles. The third-order valence-electron chi connectivity index (χ3n) is 3.75. The van der Waals surface area contributed by atoms with Gasteiger partial charge in [0.05, 0.1) is 13.3 Å². The Kier molecular flexibility index (Phi) is 4.31. The fourth-order valence-corrected chi connectivity index (χ4v) is 4.27. The van der Waals surface area contributed by atoms with Crippen LogP contribution < -0.4 is 4.72 Å². The van der Waals surface area contributed by atoms with Crippen molar-refractivity contribution in [2.24, 2.45) is 11.3 Å². The summed E-state index contributed by atoms with van der Waals surface area (Å²) < 4.78 is 31.8. The number of carbonyl (C=O) groups excluding carboxylic acids is 1. The first-order valence-electron chi connectivity index (χ1n) is 7.06. The third-order valence-corrected chi connectivity index (χ3v) is 5.16. The number of esters is 1. The molecule has 1 aliphatic carbocycles. The predicted octanol–water partition coefficient (Wildman–Crippen LogP) is 0.841. The summed E-state index contributed by atoms with van der Waals surface area (Å²) in [5.41, 5.74) is -1.08. The predicted molar refractivity (Wildman–Crippen MR) is 78.2 cm³/mol. The highest BCUT2D eigenvalue weighted by molar-refractivity contribution is 7.89. The van der Waals surface area contributed by atoms with Gasteiger partial charge in [-0.15, -0.1) is 5.10 Å². The second-order valence-electron chi connectivity index (χ2n) is 7.03. The Morgan fingerprint density at radius 1 is 1.50 bits per heavy atom. The van der Waals surface area contributed by atoms with Gasteiger partial charge in [0, 0.05) is 0 Å². The lowest BCUT2D eigenvalue weighted by atomic mass is 9.64. The molecule has 1 aliphatic rings. The van der Waals surface area contributed by atoms with Crippen LogP contribution in [-0.2, 0) is 19.6 Å². The van der Waals surface area contributed by atoms with Crippen molar-refractivity contribution in [2.45, 2.75) is 50.6 Å². The molecule has 2 rings (SSSR count). The lowest BCUT2D eigenvalue weighted by molar-refractivity contribution is -0.154. The van der Waals surface area contributed by atoms with Crippen LogP contribution in [0.5, 0.6) is 0 Å². The highest BCUT2D eigenvalue weighted by Gasteiger charge is 2.54. The molecule has 9 heteroatoms. The van der Waals surface area contributed by atoms with E-state index >= 15 is 0 Å². The summed E-state index contributed by atoms with van der Waals surface area (Å²) in [5, 5.41) is 9.04. The molecule has 8 nitrogen and oxygen atoms in total. The number of aromatic amines is 1. The summed E-state index contributed by atoms with van der Waals surface area (Å²) in [6, 6.07) is 0. The molecule has 0 aliphatic heterocycles. The summed E-state index contributed by atoms with van der Waals surface area (Å²) in [4.78, 5) is 12.1. The number of sulfonamides is 1. The number of aromatic nitrogens is 3. The summed E-state index contributed by atoms with van der Waals surface area (Å²) in [5.74, 6) is -0.288. The number of methoxy groups -OCH3 is 1. The average molecular weight is 330 g/mol. The minimum absolute atomic E-state index is 0.123. The van der Waals surface area contributed by atoms with Crippen LogP contribution in [0.25, 0.3) is 0 Å². The Bertz CT molecular complexity index is 627. The molecule has 0 saturated heterocycles. The van der Waals surface area contributed by atoms with Gasteiger partial charge in [0.1, 0.15) is 5.54 Å². The van der Waals surface area contributed by atoms with Crippen molar-refractivity contribution >= 4 is 16.0 Å². The van der Waals surface area contributed by atoms with Crippen LogP contribution in [0, 0.1) is 11.3 Å². The zero-order chi connectivity index (χ0) is 16.6. The molecule has 2 N–H and O–H groups in total. The molecule has 1 heterocycles. The summed E-state index contributed by atoms with van der Waals surface area (Å²) in [6.45, 7) is 6.35. The van der Waals surface area contributed by atoms with E-state index in [-0.39, 0.29) is 16.4 Å². The molecular formula is C13H22N4O4S. The first-order chi connectivity index (χ1) is 10.1. The van der Waals surface area contributed by atoms with E-state index in [9.17, 15) is 13.2 Å². The number of hydrogen-bond donors (Lipinski definition) is 2. The third kappa shape index (κ3) is 3.46. The molecule has 0 bridgehead atoms. The number of rotatable bonds is 5. The van der Waals surface area contributed by atoms with Gasteiger partial charge in [-0.2, -0.15) is 15.0 Å². The Morgan fingerprint density at radius 3 is 2.59 bits per heavy atom. The molecule has 0 atom stereocenters. The van der Waals surface area contributed by atoms with Gasteiger partial charge in [0.15, 0.2) is 0 Å². The monoisotopic (exact) mass is 330 g/mol. The second-order valence-corrected chi connectivity index (χ2v) is 8.66. The van der Waals surface area contributed by atoms with E-state index in [0.717, 1.165) is 12.6 Å². The van der Waals surface area contributed by atoms with Crippen molar-refractivity contribution in [1.82, 2.24) is 20.1 Å². The van der Waals surface area contributed by atoms with Gasteiger partial charge in [0.25, 0.3) is 10.0 Å². The van der Waals surface area contributed by atoms with Crippen molar-refractivity contribution < 1.29 is 17.9 Å². The topological polar surface area (TPSA) is 114 Å². The van der Waals surface area contributed by atoms with Crippen molar-refractivity contribution in [3.05, 3.63) is 6.20 Å². The van der Waals surface area contributed by atoms with E-state index in [1.165, 1.54) is 7.11 Å². The van der Waals surface area contributed by atoms with Gasteiger partial charge in [-0.25, -0.2) is 8.42 Å². The van der Waals surface area contributed by atoms with Gasteiger partial charge in [-0.05, 0) is 30.6 Å². The Hall–Kier alpha value is -1.48. The zero-order valence-electron chi connectivity index (χ0n) is 13.2. The Labute approximate surface area is 130 Å². The molecule has 124 valence electrons. The number of nitrogens with one attached hydrogen (secondary N) is 2. The van der Waals surface area contributed by atoms with E-state index in [0.29, 0.717) is 12.8 Å². The van der Waals surface area contributed by atoms with Crippen molar-refractivity contribution in [3.8, 4) is 0 Å². The SMILES string of the molecule is COC(=O)C1(NS(=O)(=O)c2cn[nH]n2)CC(CC(C)(C)C)C1. The average Bonchev–Trinajstić information content (AvgIpc) is 2.87. The lowest BCUT2D eigenvalue weighted by Crippen LogP contribution is -2.63. The number of hydrogen-bond acceptors (Lipinski definition) is 6. The Balaban J connectivity index is 2.15. The maximum absolute atomic E-state index is 12.3. The molecular weight excluding hydrogens is 308 g/mol. The van der Waals surface area contributed by atoms with Crippen molar-refractivity contribution in [2.75, 3.05) is 7.11 Å². The zero-order valence-corrected chi connectivity index (χ0v) is 14.0. The van der Waals surface area contributed by atoms with Crippen molar-refractivity contribution in [1.29, 1.82) is 0 Å². The molecule has 1 fully saturated rings. The van der Waals surface area contributed by atoms with Gasteiger partial charge in [0.2, 0.25) is 5.03 Å². The van der Waals surface area contributed by atoms with Crippen LogP contribution in [0.15, 0.2) is 11.2 Å². The number of H-pyrrole nitrogens is 1. The fourth-order valence-electron chi connectivity index (χ4n) is 3.05. The van der Waals surface area contributed by atoms with Crippen LogP contribution in [0.4, 0.5) is 0 Å². The summed E-state index contributed by atoms with van der Waals surface area (Å²) in [7, 11) is -2.66. The van der Waals surface area contributed by atoms with Crippen LogP contribution >= 0.6 is 0 Å². The van der Waals surface area contributed by atoms with Gasteiger partial charge >= 0.3 is 5.97 Å². The van der Waals surface area contributed by atoms with Gasteiger partial charge < -0.3 is 4.74 Å². The van der Waals surface area contributed by atoms with E-state index in [4.69, 9.17) is 4.74 Å². The Morgan fingerprint density at radius 2 is 2.14 bits per heavy atom. The highest BCUT2D eigenvalue weighted by Crippen LogP contribution is 2.45. The summed E-state index contributed by atoms with van der Waals surface area (Å²) >= 11 is 0. The first-order valence-corrected chi connectivity index (χ1v) is 8.54. The number of carbonyl (C=O) groups is 1.